The molecule has 6 heteroatoms. The summed E-state index contributed by atoms with van der Waals surface area (Å²) in [7, 11) is -3.35. The van der Waals surface area contributed by atoms with Crippen LogP contribution in [0.4, 0.5) is 0 Å². The van der Waals surface area contributed by atoms with Crippen molar-refractivity contribution in [2.24, 2.45) is 0 Å². The van der Waals surface area contributed by atoms with E-state index in [-0.39, 0.29) is 6.04 Å². The fourth-order valence-corrected chi connectivity index (χ4v) is 4.58. The zero-order chi connectivity index (χ0) is 15.6. The highest BCUT2D eigenvalue weighted by atomic mass is 32.2. The molecule has 1 aliphatic rings. The van der Waals surface area contributed by atoms with Crippen LogP contribution in [0, 0.1) is 0 Å². The van der Waals surface area contributed by atoms with Gasteiger partial charge in [-0.3, -0.25) is 0 Å². The first-order chi connectivity index (χ1) is 9.86. The molecule has 21 heavy (non-hydrogen) atoms. The van der Waals surface area contributed by atoms with E-state index < -0.39 is 10.0 Å². The molecule has 0 bridgehead atoms. The first-order valence-electron chi connectivity index (χ1n) is 7.80. The molecular weight excluding hydrogens is 286 g/mol. The summed E-state index contributed by atoms with van der Waals surface area (Å²) >= 11 is 0. The number of rotatable bonds is 6. The van der Waals surface area contributed by atoms with Gasteiger partial charge in [0.2, 0.25) is 10.0 Å². The molecule has 2 rings (SSSR count). The van der Waals surface area contributed by atoms with Gasteiger partial charge in [-0.1, -0.05) is 13.8 Å². The molecule has 2 heterocycles. The van der Waals surface area contributed by atoms with Gasteiger partial charge >= 0.3 is 0 Å². The van der Waals surface area contributed by atoms with Crippen LogP contribution in [0.1, 0.15) is 46.2 Å². The summed E-state index contributed by atoms with van der Waals surface area (Å²) in [5, 5.41) is 3.35. The van der Waals surface area contributed by atoms with Gasteiger partial charge < -0.3 is 9.88 Å². The van der Waals surface area contributed by atoms with Crippen LogP contribution in [-0.4, -0.2) is 35.9 Å². The van der Waals surface area contributed by atoms with Crippen LogP contribution in [-0.2, 0) is 23.1 Å². The van der Waals surface area contributed by atoms with Crippen molar-refractivity contribution >= 4 is 10.0 Å². The van der Waals surface area contributed by atoms with Crippen molar-refractivity contribution in [3.8, 4) is 0 Å². The second-order valence-electron chi connectivity index (χ2n) is 6.10. The molecule has 1 aromatic heterocycles. The second kappa shape index (κ2) is 6.50. The molecule has 1 saturated heterocycles. The number of sulfonamides is 1. The van der Waals surface area contributed by atoms with E-state index in [1.807, 2.05) is 24.5 Å². The number of hydrogen-bond acceptors (Lipinski definition) is 3. The number of nitrogens with one attached hydrogen (secondary N) is 1. The first-order valence-corrected chi connectivity index (χ1v) is 9.24. The van der Waals surface area contributed by atoms with Gasteiger partial charge in [0.1, 0.15) is 4.90 Å². The van der Waals surface area contributed by atoms with Gasteiger partial charge in [-0.05, 0) is 32.8 Å². The van der Waals surface area contributed by atoms with Crippen LogP contribution < -0.4 is 5.32 Å². The van der Waals surface area contributed by atoms with Crippen molar-refractivity contribution in [2.75, 3.05) is 6.54 Å². The zero-order valence-corrected chi connectivity index (χ0v) is 14.3. The Morgan fingerprint density at radius 3 is 2.67 bits per heavy atom. The molecule has 0 radical (unpaired) electrons. The lowest BCUT2D eigenvalue weighted by Crippen LogP contribution is -2.33. The molecule has 0 saturated carbocycles. The van der Waals surface area contributed by atoms with Gasteiger partial charge in [-0.25, -0.2) is 8.42 Å². The SMILES string of the molecule is CCn1cc(S(=O)(=O)N2CCCC2C)cc1CNC(C)C. The molecule has 0 aliphatic carbocycles. The predicted molar refractivity (Wildman–Crippen MR) is 84.7 cm³/mol. The molecule has 1 aliphatic heterocycles. The highest BCUT2D eigenvalue weighted by molar-refractivity contribution is 7.89. The molecule has 1 fully saturated rings. The Bertz CT molecular complexity index is 578. The third kappa shape index (κ3) is 3.49. The molecule has 1 unspecified atom stereocenters. The van der Waals surface area contributed by atoms with E-state index in [1.165, 1.54) is 0 Å². The predicted octanol–water partition coefficient (Wildman–Crippen LogP) is 2.18. The van der Waals surface area contributed by atoms with E-state index in [2.05, 4.69) is 19.2 Å². The fourth-order valence-electron chi connectivity index (χ4n) is 2.82. The lowest BCUT2D eigenvalue weighted by atomic mass is 10.3. The van der Waals surface area contributed by atoms with Crippen LogP contribution >= 0.6 is 0 Å². The molecule has 0 amide bonds. The van der Waals surface area contributed by atoms with Crippen molar-refractivity contribution in [1.82, 2.24) is 14.2 Å². The summed E-state index contributed by atoms with van der Waals surface area (Å²) in [6, 6.07) is 2.31. The van der Waals surface area contributed by atoms with Crippen molar-refractivity contribution in [2.45, 2.75) is 70.6 Å². The Morgan fingerprint density at radius 1 is 1.43 bits per heavy atom. The monoisotopic (exact) mass is 313 g/mol. The summed E-state index contributed by atoms with van der Waals surface area (Å²) in [5.41, 5.74) is 1.02. The average Bonchev–Trinajstić information content (AvgIpc) is 3.02. The normalized spacial score (nSPS) is 20.5. The third-order valence-corrected chi connectivity index (χ3v) is 6.07. The van der Waals surface area contributed by atoms with Crippen LogP contribution in [0.15, 0.2) is 17.2 Å². The highest BCUT2D eigenvalue weighted by Gasteiger charge is 2.33. The van der Waals surface area contributed by atoms with Crippen molar-refractivity contribution in [1.29, 1.82) is 0 Å². The standard InChI is InChI=1S/C15H27N3O2S/c1-5-17-11-15(9-14(17)10-16-12(2)3)21(19,20)18-8-6-7-13(18)4/h9,11-13,16H,5-8,10H2,1-4H3. The van der Waals surface area contributed by atoms with Gasteiger partial charge in [0.25, 0.3) is 0 Å². The largest absolute Gasteiger partial charge is 0.349 e. The lowest BCUT2D eigenvalue weighted by Gasteiger charge is -2.19. The van der Waals surface area contributed by atoms with E-state index in [4.69, 9.17) is 0 Å². The Labute approximate surface area is 128 Å². The molecule has 5 nitrogen and oxygen atoms in total. The van der Waals surface area contributed by atoms with Crippen LogP contribution in [0.2, 0.25) is 0 Å². The number of aryl methyl sites for hydroxylation is 1. The minimum absolute atomic E-state index is 0.109. The maximum atomic E-state index is 12.8. The summed E-state index contributed by atoms with van der Waals surface area (Å²) in [5.74, 6) is 0. The fraction of sp³-hybridized carbons (Fsp3) is 0.733. The number of aromatic nitrogens is 1. The van der Waals surface area contributed by atoms with E-state index in [1.54, 1.807) is 10.5 Å². The third-order valence-electron chi connectivity index (χ3n) is 4.09. The summed E-state index contributed by atoms with van der Waals surface area (Å²) < 4.78 is 29.2. The smallest absolute Gasteiger partial charge is 0.244 e. The maximum absolute atomic E-state index is 12.8. The maximum Gasteiger partial charge on any atom is 0.244 e. The topological polar surface area (TPSA) is 54.3 Å². The summed E-state index contributed by atoms with van der Waals surface area (Å²) in [4.78, 5) is 0.429. The summed E-state index contributed by atoms with van der Waals surface area (Å²) in [6.07, 6.45) is 3.68. The molecular formula is C15H27N3O2S. The summed E-state index contributed by atoms with van der Waals surface area (Å²) in [6.45, 7) is 10.3. The Kier molecular flexibility index (Phi) is 5.11. The second-order valence-corrected chi connectivity index (χ2v) is 7.99. The van der Waals surface area contributed by atoms with Crippen LogP contribution in [0.5, 0.6) is 0 Å². The first kappa shape index (κ1) is 16.5. The van der Waals surface area contributed by atoms with Gasteiger partial charge in [-0.2, -0.15) is 4.31 Å². The number of nitrogens with zero attached hydrogens (tertiary/aromatic N) is 2. The van der Waals surface area contributed by atoms with Gasteiger partial charge in [-0.15, -0.1) is 0 Å². The highest BCUT2D eigenvalue weighted by Crippen LogP contribution is 2.27. The van der Waals surface area contributed by atoms with Gasteiger partial charge in [0.15, 0.2) is 0 Å². The van der Waals surface area contributed by atoms with Crippen molar-refractivity contribution < 1.29 is 8.42 Å². The Morgan fingerprint density at radius 2 is 2.14 bits per heavy atom. The zero-order valence-electron chi connectivity index (χ0n) is 13.5. The van der Waals surface area contributed by atoms with Crippen LogP contribution in [0.3, 0.4) is 0 Å². The molecule has 0 spiro atoms. The van der Waals surface area contributed by atoms with E-state index in [0.29, 0.717) is 24.0 Å². The quantitative estimate of drug-likeness (QED) is 0.876. The van der Waals surface area contributed by atoms with E-state index >= 15 is 0 Å². The average molecular weight is 313 g/mol. The number of hydrogen-bond donors (Lipinski definition) is 1. The molecule has 1 aromatic rings. The van der Waals surface area contributed by atoms with Crippen molar-refractivity contribution in [3.05, 3.63) is 18.0 Å². The van der Waals surface area contributed by atoms with E-state index in [9.17, 15) is 8.42 Å². The minimum Gasteiger partial charge on any atom is -0.349 e. The Hall–Kier alpha value is -0.850. The lowest BCUT2D eigenvalue weighted by molar-refractivity contribution is 0.408. The van der Waals surface area contributed by atoms with E-state index in [0.717, 1.165) is 25.1 Å². The van der Waals surface area contributed by atoms with Gasteiger partial charge in [0, 0.05) is 43.6 Å². The molecule has 1 N–H and O–H groups in total. The Balaban J connectivity index is 2.27. The van der Waals surface area contributed by atoms with Crippen molar-refractivity contribution in [3.63, 3.8) is 0 Å². The molecule has 0 aromatic carbocycles. The van der Waals surface area contributed by atoms with Gasteiger partial charge in [0.05, 0.1) is 0 Å². The molecule has 1 atom stereocenters. The minimum atomic E-state index is -3.35. The van der Waals surface area contributed by atoms with Crippen LogP contribution in [0.25, 0.3) is 0 Å². The molecule has 120 valence electrons.